The van der Waals surface area contributed by atoms with Gasteiger partial charge in [0, 0.05) is 11.8 Å². The third-order valence-corrected chi connectivity index (χ3v) is 5.64. The van der Waals surface area contributed by atoms with Crippen molar-refractivity contribution in [2.75, 3.05) is 25.1 Å². The van der Waals surface area contributed by atoms with Crippen LogP contribution >= 0.6 is 11.3 Å². The van der Waals surface area contributed by atoms with E-state index in [9.17, 15) is 14.4 Å². The third kappa shape index (κ3) is 5.80. The van der Waals surface area contributed by atoms with Crippen molar-refractivity contribution in [2.24, 2.45) is 0 Å². The molecule has 0 atom stereocenters. The number of carbonyl (C=O) groups is 3. The normalized spacial score (nSPS) is 12.6. The summed E-state index contributed by atoms with van der Waals surface area (Å²) in [6.45, 7) is 1.64. The van der Waals surface area contributed by atoms with E-state index in [0.717, 1.165) is 41.9 Å². The minimum atomic E-state index is -0.580. The second kappa shape index (κ2) is 10.1. The number of para-hydroxylation sites is 1. The zero-order valence-electron chi connectivity index (χ0n) is 16.3. The summed E-state index contributed by atoms with van der Waals surface area (Å²) < 4.78 is 10.7. The molecule has 1 heterocycles. The van der Waals surface area contributed by atoms with Gasteiger partial charge in [-0.25, -0.2) is 4.79 Å². The van der Waals surface area contributed by atoms with Gasteiger partial charge in [-0.15, -0.1) is 11.3 Å². The lowest BCUT2D eigenvalue weighted by Gasteiger charge is -2.13. The van der Waals surface area contributed by atoms with E-state index in [1.54, 1.807) is 0 Å². The van der Waals surface area contributed by atoms with Gasteiger partial charge in [0.2, 0.25) is 5.91 Å². The fourth-order valence-electron chi connectivity index (χ4n) is 3.16. The molecule has 1 aromatic carbocycles. The first-order valence-corrected chi connectivity index (χ1v) is 10.4. The van der Waals surface area contributed by atoms with Crippen LogP contribution in [0, 0.1) is 0 Å². The van der Waals surface area contributed by atoms with Gasteiger partial charge in [0.25, 0.3) is 5.91 Å². The average molecular weight is 416 g/mol. The second-order valence-electron chi connectivity index (χ2n) is 6.68. The Labute approximate surface area is 173 Å². The first-order valence-electron chi connectivity index (χ1n) is 9.58. The number of amides is 2. The Bertz CT molecular complexity index is 879. The zero-order valence-corrected chi connectivity index (χ0v) is 17.1. The number of hydrogen-bond donors (Lipinski definition) is 2. The molecule has 0 saturated heterocycles. The van der Waals surface area contributed by atoms with Gasteiger partial charge < -0.3 is 20.1 Å². The van der Waals surface area contributed by atoms with Crippen LogP contribution in [0.3, 0.4) is 0 Å². The number of rotatable bonds is 8. The highest BCUT2D eigenvalue weighted by molar-refractivity contribution is 7.17. The molecule has 2 amide bonds. The van der Waals surface area contributed by atoms with Crippen molar-refractivity contribution in [3.63, 3.8) is 0 Å². The minimum absolute atomic E-state index is 0.242. The highest BCUT2D eigenvalue weighted by Gasteiger charge is 2.27. The molecule has 2 aromatic rings. The molecule has 8 heteroatoms. The molecule has 0 saturated carbocycles. The van der Waals surface area contributed by atoms with Crippen LogP contribution in [0.4, 0.5) is 5.00 Å². The summed E-state index contributed by atoms with van der Waals surface area (Å²) in [5.41, 5.74) is 1.33. The van der Waals surface area contributed by atoms with E-state index in [-0.39, 0.29) is 12.5 Å². The molecule has 2 N–H and O–H groups in total. The van der Waals surface area contributed by atoms with Crippen LogP contribution in [0.25, 0.3) is 0 Å². The predicted molar refractivity (Wildman–Crippen MR) is 110 cm³/mol. The monoisotopic (exact) mass is 416 g/mol. The van der Waals surface area contributed by atoms with Crippen LogP contribution < -0.4 is 15.4 Å². The zero-order chi connectivity index (χ0) is 20.6. The third-order valence-electron chi connectivity index (χ3n) is 4.44. The predicted octanol–water partition coefficient (Wildman–Crippen LogP) is 2.94. The standard InChI is InChI=1S/C21H24N2O5S/c1-14(24)23-20-19(16-9-5-6-10-17(16)29-20)21(26)28-13-18(25)22-11-12-27-15-7-3-2-4-8-15/h2-4,7-8H,5-6,9-13H2,1H3,(H,22,25)(H,23,24). The quantitative estimate of drug-likeness (QED) is 0.510. The fraction of sp³-hybridized carbons (Fsp3) is 0.381. The van der Waals surface area contributed by atoms with Gasteiger partial charge in [0.15, 0.2) is 6.61 Å². The fourth-order valence-corrected chi connectivity index (χ4v) is 4.48. The summed E-state index contributed by atoms with van der Waals surface area (Å²) in [7, 11) is 0. The van der Waals surface area contributed by atoms with Crippen molar-refractivity contribution in [1.82, 2.24) is 5.32 Å². The first-order chi connectivity index (χ1) is 14.0. The number of fused-ring (bicyclic) bond motifs is 1. The van der Waals surface area contributed by atoms with Crippen LogP contribution in [-0.2, 0) is 27.2 Å². The molecular weight excluding hydrogens is 392 g/mol. The molecule has 1 aromatic heterocycles. The molecule has 0 radical (unpaired) electrons. The molecular formula is C21H24N2O5S. The number of anilines is 1. The van der Waals surface area contributed by atoms with E-state index in [1.165, 1.54) is 18.3 Å². The smallest absolute Gasteiger partial charge is 0.341 e. The lowest BCUT2D eigenvalue weighted by molar-refractivity contribution is -0.124. The lowest BCUT2D eigenvalue weighted by atomic mass is 9.95. The molecule has 154 valence electrons. The maximum absolute atomic E-state index is 12.6. The molecule has 1 aliphatic rings. The van der Waals surface area contributed by atoms with Crippen molar-refractivity contribution in [3.8, 4) is 5.75 Å². The van der Waals surface area contributed by atoms with Crippen molar-refractivity contribution >= 4 is 34.1 Å². The Morgan fingerprint density at radius 3 is 2.62 bits per heavy atom. The van der Waals surface area contributed by atoms with Crippen LogP contribution in [-0.4, -0.2) is 37.5 Å². The van der Waals surface area contributed by atoms with Gasteiger partial charge in [0.05, 0.1) is 12.1 Å². The average Bonchev–Trinajstić information content (AvgIpc) is 3.07. The summed E-state index contributed by atoms with van der Waals surface area (Å²) in [5, 5.41) is 5.88. The van der Waals surface area contributed by atoms with E-state index < -0.39 is 11.9 Å². The highest BCUT2D eigenvalue weighted by atomic mass is 32.1. The molecule has 0 aliphatic heterocycles. The van der Waals surface area contributed by atoms with E-state index >= 15 is 0 Å². The number of hydrogen-bond acceptors (Lipinski definition) is 6. The lowest BCUT2D eigenvalue weighted by Crippen LogP contribution is -2.32. The van der Waals surface area contributed by atoms with Crippen molar-refractivity contribution in [1.29, 1.82) is 0 Å². The van der Waals surface area contributed by atoms with Gasteiger partial charge in [0.1, 0.15) is 17.4 Å². The second-order valence-corrected chi connectivity index (χ2v) is 7.79. The van der Waals surface area contributed by atoms with Crippen LogP contribution in [0.2, 0.25) is 0 Å². The number of aryl methyl sites for hydroxylation is 1. The van der Waals surface area contributed by atoms with Crippen LogP contribution in [0.1, 0.15) is 40.6 Å². The van der Waals surface area contributed by atoms with Crippen LogP contribution in [0.15, 0.2) is 30.3 Å². The molecule has 0 spiro atoms. The van der Waals surface area contributed by atoms with E-state index in [2.05, 4.69) is 10.6 Å². The first kappa shape index (κ1) is 20.9. The van der Waals surface area contributed by atoms with Gasteiger partial charge in [-0.3, -0.25) is 9.59 Å². The van der Waals surface area contributed by atoms with Crippen LogP contribution in [0.5, 0.6) is 5.75 Å². The van der Waals surface area contributed by atoms with Gasteiger partial charge >= 0.3 is 5.97 Å². The van der Waals surface area contributed by atoms with Crippen molar-refractivity contribution in [2.45, 2.75) is 32.6 Å². The number of nitrogens with one attached hydrogen (secondary N) is 2. The summed E-state index contributed by atoms with van der Waals surface area (Å²) in [6, 6.07) is 9.29. The Morgan fingerprint density at radius 2 is 1.86 bits per heavy atom. The Balaban J connectivity index is 1.50. The summed E-state index contributed by atoms with van der Waals surface area (Å²) in [4.78, 5) is 37.2. The molecule has 7 nitrogen and oxygen atoms in total. The Morgan fingerprint density at radius 1 is 1.10 bits per heavy atom. The van der Waals surface area contributed by atoms with E-state index in [0.29, 0.717) is 23.7 Å². The number of carbonyl (C=O) groups excluding carboxylic acids is 3. The summed E-state index contributed by atoms with van der Waals surface area (Å²) >= 11 is 1.42. The highest BCUT2D eigenvalue weighted by Crippen LogP contribution is 2.38. The molecule has 0 bridgehead atoms. The topological polar surface area (TPSA) is 93.7 Å². The molecule has 0 fully saturated rings. The van der Waals surface area contributed by atoms with Crippen molar-refractivity contribution in [3.05, 3.63) is 46.3 Å². The number of benzene rings is 1. The largest absolute Gasteiger partial charge is 0.492 e. The summed E-state index contributed by atoms with van der Waals surface area (Å²) in [5.74, 6) is -0.501. The number of esters is 1. The Kier molecular flexibility index (Phi) is 7.24. The van der Waals surface area contributed by atoms with Gasteiger partial charge in [-0.1, -0.05) is 18.2 Å². The SMILES string of the molecule is CC(=O)Nc1sc2c(c1C(=O)OCC(=O)NCCOc1ccccc1)CCCC2. The molecule has 3 rings (SSSR count). The number of thiophene rings is 1. The van der Waals surface area contributed by atoms with Crippen molar-refractivity contribution < 1.29 is 23.9 Å². The molecule has 0 unspecified atom stereocenters. The minimum Gasteiger partial charge on any atom is -0.492 e. The maximum Gasteiger partial charge on any atom is 0.341 e. The molecule has 1 aliphatic carbocycles. The molecule has 29 heavy (non-hydrogen) atoms. The summed E-state index contributed by atoms with van der Waals surface area (Å²) in [6.07, 6.45) is 3.72. The van der Waals surface area contributed by atoms with Gasteiger partial charge in [-0.05, 0) is 43.4 Å². The van der Waals surface area contributed by atoms with E-state index in [4.69, 9.17) is 9.47 Å². The Hall–Kier alpha value is -2.87. The van der Waals surface area contributed by atoms with Gasteiger partial charge in [-0.2, -0.15) is 0 Å². The number of ether oxygens (including phenoxy) is 2. The maximum atomic E-state index is 12.6. The van der Waals surface area contributed by atoms with E-state index in [1.807, 2.05) is 30.3 Å².